The molecule has 0 spiro atoms. The topological polar surface area (TPSA) is 108 Å². The normalized spacial score (nSPS) is 13.1. The highest BCUT2D eigenvalue weighted by Crippen LogP contribution is 2.27. The van der Waals surface area contributed by atoms with Gasteiger partial charge in [0.15, 0.2) is 0 Å². The number of aryl methyl sites for hydroxylation is 1. The number of hydrogen-bond acceptors (Lipinski definition) is 5. The Kier molecular flexibility index (Phi) is 12.1. The zero-order valence-electron chi connectivity index (χ0n) is 21.9. The first-order valence-electron chi connectivity index (χ1n) is 12.2. The van der Waals surface area contributed by atoms with Gasteiger partial charge in [0, 0.05) is 13.1 Å². The number of carbonyl (C=O) groups excluding carboxylic acids is 3. The Morgan fingerprint density at radius 2 is 1.76 bits per heavy atom. The smallest absolute Gasteiger partial charge is 0.408 e. The molecular weight excluding hydrogens is 434 g/mol. The molecule has 0 aliphatic heterocycles. The fourth-order valence-electron chi connectivity index (χ4n) is 3.65. The van der Waals surface area contributed by atoms with Gasteiger partial charge in [0.05, 0.1) is 6.61 Å². The average molecular weight is 478 g/mol. The van der Waals surface area contributed by atoms with Gasteiger partial charge in [-0.1, -0.05) is 44.9 Å². The van der Waals surface area contributed by atoms with Gasteiger partial charge in [-0.2, -0.15) is 0 Å². The van der Waals surface area contributed by atoms with E-state index >= 15 is 0 Å². The van der Waals surface area contributed by atoms with Crippen molar-refractivity contribution in [3.05, 3.63) is 34.9 Å². The third-order valence-electron chi connectivity index (χ3n) is 5.50. The van der Waals surface area contributed by atoms with Crippen LogP contribution in [0.5, 0.6) is 0 Å². The molecule has 0 radical (unpaired) electrons. The lowest BCUT2D eigenvalue weighted by atomic mass is 9.95. The molecule has 1 rings (SSSR count). The molecule has 0 aliphatic rings. The second kappa shape index (κ2) is 13.9. The van der Waals surface area contributed by atoms with Crippen LogP contribution in [0.2, 0.25) is 0 Å². The van der Waals surface area contributed by atoms with Crippen molar-refractivity contribution >= 4 is 17.9 Å². The molecule has 8 heteroatoms. The molecule has 2 atom stereocenters. The van der Waals surface area contributed by atoms with Gasteiger partial charge in [-0.25, -0.2) is 4.79 Å². The van der Waals surface area contributed by atoms with Crippen LogP contribution in [0.1, 0.15) is 83.0 Å². The minimum absolute atomic E-state index is 0.277. The van der Waals surface area contributed by atoms with Gasteiger partial charge in [-0.3, -0.25) is 9.59 Å². The number of rotatable bonds is 12. The third-order valence-corrected chi connectivity index (χ3v) is 5.50. The summed E-state index contributed by atoms with van der Waals surface area (Å²) in [6.07, 6.45) is 2.68. The van der Waals surface area contributed by atoms with E-state index < -0.39 is 36.3 Å². The number of aliphatic hydroxyl groups excluding tert-OH is 1. The van der Waals surface area contributed by atoms with Gasteiger partial charge < -0.3 is 25.4 Å². The first-order valence-corrected chi connectivity index (χ1v) is 12.2. The van der Waals surface area contributed by atoms with Crippen LogP contribution in [0.3, 0.4) is 0 Å². The summed E-state index contributed by atoms with van der Waals surface area (Å²) in [5, 5.41) is 15.4. The highest BCUT2D eigenvalue weighted by atomic mass is 16.6. The number of nitrogens with zero attached hydrogens (tertiary/aromatic N) is 1. The first-order chi connectivity index (χ1) is 16.0. The number of ether oxygens (including phenoxy) is 1. The molecule has 0 fully saturated rings. The summed E-state index contributed by atoms with van der Waals surface area (Å²) < 4.78 is 5.25. The zero-order chi connectivity index (χ0) is 25.9. The molecule has 3 amide bonds. The number of carbonyl (C=O) groups is 3. The van der Waals surface area contributed by atoms with E-state index in [1.165, 1.54) is 4.90 Å². The lowest BCUT2D eigenvalue weighted by molar-refractivity contribution is -0.143. The van der Waals surface area contributed by atoms with Crippen molar-refractivity contribution in [2.45, 2.75) is 91.8 Å². The Labute approximate surface area is 204 Å². The standard InChI is InChI=1S/C26H43N3O5/c1-8-10-11-15-27-23(31)22(20-14-12-13-18(3)19(20)4)29(16-9-2)24(32)21(17-30)28-25(33)34-26(5,6)7/h12-14,21-22,30H,8-11,15-17H2,1-7H3,(H,27,31)(H,28,33). The molecule has 0 heterocycles. The molecule has 0 bridgehead atoms. The van der Waals surface area contributed by atoms with E-state index in [4.69, 9.17) is 4.74 Å². The Morgan fingerprint density at radius 3 is 2.32 bits per heavy atom. The molecule has 0 aliphatic carbocycles. The zero-order valence-corrected chi connectivity index (χ0v) is 21.9. The number of aliphatic hydroxyl groups is 1. The van der Waals surface area contributed by atoms with Crippen LogP contribution in [0, 0.1) is 13.8 Å². The Balaban J connectivity index is 3.33. The molecule has 0 saturated heterocycles. The Bertz CT molecular complexity index is 819. The molecule has 0 aromatic heterocycles. The predicted octanol–water partition coefficient (Wildman–Crippen LogP) is 3.78. The summed E-state index contributed by atoms with van der Waals surface area (Å²) >= 11 is 0. The summed E-state index contributed by atoms with van der Waals surface area (Å²) in [7, 11) is 0. The van der Waals surface area contributed by atoms with Crippen LogP contribution < -0.4 is 10.6 Å². The summed E-state index contributed by atoms with van der Waals surface area (Å²) in [6, 6.07) is 3.56. The van der Waals surface area contributed by atoms with Crippen LogP contribution >= 0.6 is 0 Å². The van der Waals surface area contributed by atoms with Gasteiger partial charge >= 0.3 is 6.09 Å². The van der Waals surface area contributed by atoms with E-state index in [2.05, 4.69) is 17.6 Å². The first kappa shape index (κ1) is 29.4. The van der Waals surface area contributed by atoms with Crippen LogP contribution in [0.4, 0.5) is 4.79 Å². The molecule has 0 saturated carbocycles. The van der Waals surface area contributed by atoms with E-state index in [1.807, 2.05) is 39.0 Å². The van der Waals surface area contributed by atoms with Crippen molar-refractivity contribution in [1.82, 2.24) is 15.5 Å². The van der Waals surface area contributed by atoms with Gasteiger partial charge in [0.25, 0.3) is 0 Å². The maximum Gasteiger partial charge on any atom is 0.408 e. The van der Waals surface area contributed by atoms with Crippen LogP contribution in [0.15, 0.2) is 18.2 Å². The molecule has 34 heavy (non-hydrogen) atoms. The summed E-state index contributed by atoms with van der Waals surface area (Å²) in [4.78, 5) is 40.8. The van der Waals surface area contributed by atoms with Gasteiger partial charge in [-0.15, -0.1) is 0 Å². The third kappa shape index (κ3) is 8.97. The lowest BCUT2D eigenvalue weighted by Gasteiger charge is -2.34. The highest BCUT2D eigenvalue weighted by Gasteiger charge is 2.36. The van der Waals surface area contributed by atoms with E-state index in [0.717, 1.165) is 36.0 Å². The summed E-state index contributed by atoms with van der Waals surface area (Å²) in [6.45, 7) is 13.2. The van der Waals surface area contributed by atoms with Crippen molar-refractivity contribution in [3.63, 3.8) is 0 Å². The number of unbranched alkanes of at least 4 members (excludes halogenated alkanes) is 2. The van der Waals surface area contributed by atoms with Crippen molar-refractivity contribution in [3.8, 4) is 0 Å². The molecule has 192 valence electrons. The SMILES string of the molecule is CCCCCNC(=O)C(c1cccc(C)c1C)N(CCC)C(=O)C(CO)NC(=O)OC(C)(C)C. The van der Waals surface area contributed by atoms with Crippen molar-refractivity contribution in [1.29, 1.82) is 0 Å². The van der Waals surface area contributed by atoms with E-state index in [0.29, 0.717) is 13.0 Å². The van der Waals surface area contributed by atoms with Gasteiger partial charge in [-0.05, 0) is 64.2 Å². The van der Waals surface area contributed by atoms with Gasteiger partial charge in [0.1, 0.15) is 17.7 Å². The fraction of sp³-hybridized carbons (Fsp3) is 0.654. The molecule has 8 nitrogen and oxygen atoms in total. The van der Waals surface area contributed by atoms with E-state index in [1.54, 1.807) is 20.8 Å². The molecule has 1 aromatic carbocycles. The number of nitrogens with one attached hydrogen (secondary N) is 2. The number of alkyl carbamates (subject to hydrolysis) is 1. The Morgan fingerprint density at radius 1 is 1.09 bits per heavy atom. The lowest BCUT2D eigenvalue weighted by Crippen LogP contribution is -2.54. The molecule has 3 N–H and O–H groups in total. The van der Waals surface area contributed by atoms with Crippen molar-refractivity contribution < 1.29 is 24.2 Å². The quantitative estimate of drug-likeness (QED) is 0.397. The van der Waals surface area contributed by atoms with Crippen LogP contribution in [0.25, 0.3) is 0 Å². The maximum atomic E-state index is 13.6. The van der Waals surface area contributed by atoms with Crippen molar-refractivity contribution in [2.24, 2.45) is 0 Å². The molecular formula is C26H43N3O5. The van der Waals surface area contributed by atoms with E-state index in [-0.39, 0.29) is 12.5 Å². The second-order valence-electron chi connectivity index (χ2n) is 9.60. The average Bonchev–Trinajstić information content (AvgIpc) is 2.75. The number of amides is 3. The monoisotopic (exact) mass is 477 g/mol. The van der Waals surface area contributed by atoms with Gasteiger partial charge in [0.2, 0.25) is 11.8 Å². The van der Waals surface area contributed by atoms with E-state index in [9.17, 15) is 19.5 Å². The van der Waals surface area contributed by atoms with Crippen LogP contribution in [-0.4, -0.2) is 59.3 Å². The minimum Gasteiger partial charge on any atom is -0.444 e. The maximum absolute atomic E-state index is 13.6. The Hall–Kier alpha value is -2.61. The minimum atomic E-state index is -1.23. The number of hydrogen-bond donors (Lipinski definition) is 3. The number of benzene rings is 1. The second-order valence-corrected chi connectivity index (χ2v) is 9.60. The summed E-state index contributed by atoms with van der Waals surface area (Å²) in [5.41, 5.74) is 1.90. The molecule has 2 unspecified atom stereocenters. The van der Waals surface area contributed by atoms with Crippen molar-refractivity contribution in [2.75, 3.05) is 19.7 Å². The fourth-order valence-corrected chi connectivity index (χ4v) is 3.65. The van der Waals surface area contributed by atoms with Crippen LogP contribution in [-0.2, 0) is 14.3 Å². The molecule has 1 aromatic rings. The largest absolute Gasteiger partial charge is 0.444 e. The predicted molar refractivity (Wildman–Crippen MR) is 133 cm³/mol. The highest BCUT2D eigenvalue weighted by molar-refractivity contribution is 5.92. The summed E-state index contributed by atoms with van der Waals surface area (Å²) in [5.74, 6) is -0.814.